The van der Waals surface area contributed by atoms with Crippen LogP contribution in [0.5, 0.6) is 0 Å². The lowest BCUT2D eigenvalue weighted by atomic mass is 9.96. The first-order valence-electron chi connectivity index (χ1n) is 10.2. The molecule has 1 fully saturated rings. The lowest BCUT2D eigenvalue weighted by Gasteiger charge is -2.35. The first-order chi connectivity index (χ1) is 14.5. The van der Waals surface area contributed by atoms with Gasteiger partial charge in [-0.25, -0.2) is 0 Å². The molecule has 1 saturated heterocycles. The van der Waals surface area contributed by atoms with Crippen molar-refractivity contribution in [2.45, 2.75) is 36.5 Å². The summed E-state index contributed by atoms with van der Waals surface area (Å²) in [6, 6.07) is 15.5. The maximum Gasteiger partial charge on any atom is 0.247 e. The average Bonchev–Trinajstić information content (AvgIpc) is 2.77. The lowest BCUT2D eigenvalue weighted by Crippen LogP contribution is -2.50. The van der Waals surface area contributed by atoms with Gasteiger partial charge in [-0.3, -0.25) is 14.4 Å². The number of hydrogen-bond acceptors (Lipinski definition) is 4. The molecule has 2 aliphatic rings. The molecule has 2 aliphatic heterocycles. The number of hydrogen-bond donors (Lipinski definition) is 2. The minimum Gasteiger partial charge on any atom is -0.352 e. The fourth-order valence-corrected chi connectivity index (χ4v) is 4.88. The first kappa shape index (κ1) is 20.5. The molecule has 30 heavy (non-hydrogen) atoms. The van der Waals surface area contributed by atoms with Crippen LogP contribution in [-0.2, 0) is 20.9 Å². The van der Waals surface area contributed by atoms with Gasteiger partial charge in [0.2, 0.25) is 17.7 Å². The molecule has 156 valence electrons. The molecule has 0 aliphatic carbocycles. The van der Waals surface area contributed by atoms with Crippen LogP contribution in [0, 0.1) is 12.8 Å². The zero-order valence-electron chi connectivity index (χ0n) is 16.9. The first-order valence-corrected chi connectivity index (χ1v) is 11.1. The van der Waals surface area contributed by atoms with Crippen LogP contribution in [0.3, 0.4) is 0 Å². The second-order valence-corrected chi connectivity index (χ2v) is 8.96. The molecule has 2 atom stereocenters. The van der Waals surface area contributed by atoms with Crippen molar-refractivity contribution in [1.82, 2.24) is 10.2 Å². The molecule has 2 aromatic rings. The van der Waals surface area contributed by atoms with Crippen molar-refractivity contribution in [3.63, 3.8) is 0 Å². The van der Waals surface area contributed by atoms with Crippen molar-refractivity contribution in [2.75, 3.05) is 18.4 Å². The van der Waals surface area contributed by atoms with E-state index < -0.39 is 5.25 Å². The number of rotatable bonds is 4. The standard InChI is InChI=1S/C23H25N3O3S/c1-15-8-10-16(11-9-15)13-24-21(27)17-5-4-12-26(14-17)23(29)20-22(28)25-18-6-2-3-7-19(18)30-20/h2-3,6-11,17,20H,4-5,12-14H2,1H3,(H,24,27)(H,25,28)/t17-,20-/m1/s1. The van der Waals surface area contributed by atoms with Gasteiger partial charge in [-0.1, -0.05) is 42.0 Å². The summed E-state index contributed by atoms with van der Waals surface area (Å²) in [5.41, 5.74) is 2.97. The number of nitrogens with one attached hydrogen (secondary N) is 2. The van der Waals surface area contributed by atoms with E-state index in [1.165, 1.54) is 17.3 Å². The number of benzene rings is 2. The molecular weight excluding hydrogens is 398 g/mol. The predicted octanol–water partition coefficient (Wildman–Crippen LogP) is 2.96. The van der Waals surface area contributed by atoms with E-state index in [4.69, 9.17) is 0 Å². The molecule has 0 saturated carbocycles. The molecule has 0 aromatic heterocycles. The number of likely N-dealkylation sites (tertiary alicyclic amines) is 1. The van der Waals surface area contributed by atoms with E-state index in [2.05, 4.69) is 10.6 Å². The molecule has 2 aromatic carbocycles. The average molecular weight is 424 g/mol. The Hall–Kier alpha value is -2.80. The number of thioether (sulfide) groups is 1. The van der Waals surface area contributed by atoms with Gasteiger partial charge in [-0.05, 0) is 37.5 Å². The quantitative estimate of drug-likeness (QED) is 0.741. The zero-order valence-corrected chi connectivity index (χ0v) is 17.7. The van der Waals surface area contributed by atoms with Crippen LogP contribution in [0.25, 0.3) is 0 Å². The number of fused-ring (bicyclic) bond motifs is 1. The molecule has 3 amide bonds. The molecule has 0 bridgehead atoms. The Bertz CT molecular complexity index is 960. The fourth-order valence-electron chi connectivity index (χ4n) is 3.81. The number of para-hydroxylation sites is 1. The fraction of sp³-hybridized carbons (Fsp3) is 0.348. The number of aryl methyl sites for hydroxylation is 1. The minimum atomic E-state index is -0.811. The summed E-state index contributed by atoms with van der Waals surface area (Å²) in [6.07, 6.45) is 1.50. The van der Waals surface area contributed by atoms with Gasteiger partial charge in [0.05, 0.1) is 11.6 Å². The third-order valence-corrected chi connectivity index (χ3v) is 6.80. The number of amides is 3. The van der Waals surface area contributed by atoms with Crippen molar-refractivity contribution >= 4 is 35.2 Å². The maximum atomic E-state index is 13.1. The van der Waals surface area contributed by atoms with Gasteiger partial charge in [0.25, 0.3) is 0 Å². The van der Waals surface area contributed by atoms with Gasteiger partial charge < -0.3 is 15.5 Å². The summed E-state index contributed by atoms with van der Waals surface area (Å²) in [5, 5.41) is 5.00. The third-order valence-electron chi connectivity index (χ3n) is 5.54. The van der Waals surface area contributed by atoms with E-state index in [0.717, 1.165) is 29.0 Å². The molecule has 0 radical (unpaired) electrons. The lowest BCUT2D eigenvalue weighted by molar-refractivity contribution is -0.137. The van der Waals surface area contributed by atoms with Crippen LogP contribution in [0.2, 0.25) is 0 Å². The number of nitrogens with zero attached hydrogens (tertiary/aromatic N) is 1. The zero-order chi connectivity index (χ0) is 21.1. The number of anilines is 1. The number of carbonyl (C=O) groups is 3. The third kappa shape index (κ3) is 4.51. The highest BCUT2D eigenvalue weighted by Gasteiger charge is 2.38. The Balaban J connectivity index is 1.36. The smallest absolute Gasteiger partial charge is 0.247 e. The summed E-state index contributed by atoms with van der Waals surface area (Å²) < 4.78 is 0. The number of piperidine rings is 1. The SMILES string of the molecule is Cc1ccc(CNC(=O)[C@@H]2CCCN(C(=O)[C@@H]3Sc4ccccc4NC3=O)C2)cc1. The Kier molecular flexibility index (Phi) is 6.08. The molecule has 4 rings (SSSR count). The van der Waals surface area contributed by atoms with E-state index in [1.54, 1.807) is 4.90 Å². The molecule has 0 unspecified atom stereocenters. The summed E-state index contributed by atoms with van der Waals surface area (Å²) in [6.45, 7) is 3.43. The highest BCUT2D eigenvalue weighted by atomic mass is 32.2. The van der Waals surface area contributed by atoms with Crippen molar-refractivity contribution in [3.8, 4) is 0 Å². The van der Waals surface area contributed by atoms with Crippen LogP contribution in [-0.4, -0.2) is 41.0 Å². The highest BCUT2D eigenvalue weighted by molar-refractivity contribution is 8.01. The van der Waals surface area contributed by atoms with Gasteiger partial charge in [-0.2, -0.15) is 0 Å². The molecule has 2 N–H and O–H groups in total. The van der Waals surface area contributed by atoms with E-state index >= 15 is 0 Å². The van der Waals surface area contributed by atoms with Crippen LogP contribution < -0.4 is 10.6 Å². The normalized spacial score (nSPS) is 20.8. The Morgan fingerprint density at radius 2 is 1.93 bits per heavy atom. The summed E-state index contributed by atoms with van der Waals surface area (Å²) in [5.74, 6) is -0.811. The summed E-state index contributed by atoms with van der Waals surface area (Å²) >= 11 is 1.28. The molecule has 0 spiro atoms. The van der Waals surface area contributed by atoms with Crippen molar-refractivity contribution in [1.29, 1.82) is 0 Å². The van der Waals surface area contributed by atoms with Crippen LogP contribution in [0.1, 0.15) is 24.0 Å². The van der Waals surface area contributed by atoms with Gasteiger partial charge in [0.1, 0.15) is 0 Å². The van der Waals surface area contributed by atoms with Crippen molar-refractivity contribution < 1.29 is 14.4 Å². The minimum absolute atomic E-state index is 0.0424. The van der Waals surface area contributed by atoms with E-state index in [9.17, 15) is 14.4 Å². The van der Waals surface area contributed by atoms with E-state index in [0.29, 0.717) is 19.6 Å². The number of carbonyl (C=O) groups excluding carboxylic acids is 3. The van der Waals surface area contributed by atoms with E-state index in [1.807, 2.05) is 55.5 Å². The van der Waals surface area contributed by atoms with Crippen LogP contribution in [0.15, 0.2) is 53.4 Å². The maximum absolute atomic E-state index is 13.1. The second-order valence-electron chi connectivity index (χ2n) is 7.81. The monoisotopic (exact) mass is 423 g/mol. The van der Waals surface area contributed by atoms with Crippen LogP contribution >= 0.6 is 11.8 Å². The Morgan fingerprint density at radius 1 is 1.17 bits per heavy atom. The Morgan fingerprint density at radius 3 is 2.73 bits per heavy atom. The van der Waals surface area contributed by atoms with Gasteiger partial charge in [0.15, 0.2) is 5.25 Å². The Labute approximate surface area is 180 Å². The van der Waals surface area contributed by atoms with Crippen molar-refractivity contribution in [3.05, 3.63) is 59.7 Å². The van der Waals surface area contributed by atoms with Gasteiger partial charge in [0, 0.05) is 24.5 Å². The van der Waals surface area contributed by atoms with E-state index in [-0.39, 0.29) is 23.6 Å². The molecule has 6 nitrogen and oxygen atoms in total. The highest BCUT2D eigenvalue weighted by Crippen LogP contribution is 2.36. The topological polar surface area (TPSA) is 78.5 Å². The largest absolute Gasteiger partial charge is 0.352 e. The molecular formula is C23H25N3O3S. The molecule has 2 heterocycles. The second kappa shape index (κ2) is 8.92. The van der Waals surface area contributed by atoms with Gasteiger partial charge >= 0.3 is 0 Å². The molecule has 7 heteroatoms. The predicted molar refractivity (Wildman–Crippen MR) is 117 cm³/mol. The summed E-state index contributed by atoms with van der Waals surface area (Å²) in [7, 11) is 0. The summed E-state index contributed by atoms with van der Waals surface area (Å²) in [4.78, 5) is 40.8. The van der Waals surface area contributed by atoms with Crippen molar-refractivity contribution in [2.24, 2.45) is 5.92 Å². The van der Waals surface area contributed by atoms with Crippen LogP contribution in [0.4, 0.5) is 5.69 Å². The van der Waals surface area contributed by atoms with Gasteiger partial charge in [-0.15, -0.1) is 11.8 Å².